The molecule has 30 heavy (non-hydrogen) atoms. The lowest BCUT2D eigenvalue weighted by Gasteiger charge is -2.06. The van der Waals surface area contributed by atoms with Gasteiger partial charge in [-0.1, -0.05) is 77.8 Å². The van der Waals surface area contributed by atoms with Gasteiger partial charge in [-0.15, -0.1) is 0 Å². The standard InChI is InChI=1S/C26H22Cl2N2/c1-3-30-17-25(23-14-13-22(27)16-24(23)28)29-26(30)18(2)15-19-9-11-21(12-10-19)20-7-5-4-6-8-20/h4-17H,3H2,1-2H3/b18-15+. The van der Waals surface area contributed by atoms with E-state index >= 15 is 0 Å². The monoisotopic (exact) mass is 432 g/mol. The Morgan fingerprint density at radius 2 is 1.63 bits per heavy atom. The summed E-state index contributed by atoms with van der Waals surface area (Å²) in [5, 5.41) is 1.22. The fraction of sp³-hybridized carbons (Fsp3) is 0.115. The molecule has 0 N–H and O–H groups in total. The molecule has 0 fully saturated rings. The Labute approximate surface area is 187 Å². The largest absolute Gasteiger partial charge is 0.331 e. The maximum atomic E-state index is 6.40. The smallest absolute Gasteiger partial charge is 0.136 e. The van der Waals surface area contributed by atoms with Gasteiger partial charge in [0.2, 0.25) is 0 Å². The number of aromatic nitrogens is 2. The van der Waals surface area contributed by atoms with Crippen LogP contribution in [0.2, 0.25) is 10.0 Å². The number of hydrogen-bond acceptors (Lipinski definition) is 1. The fourth-order valence-corrected chi connectivity index (χ4v) is 4.02. The molecule has 0 atom stereocenters. The van der Waals surface area contributed by atoms with Gasteiger partial charge in [-0.3, -0.25) is 0 Å². The van der Waals surface area contributed by atoms with E-state index < -0.39 is 0 Å². The van der Waals surface area contributed by atoms with Crippen molar-refractivity contribution in [3.05, 3.63) is 100 Å². The first-order valence-corrected chi connectivity index (χ1v) is 10.7. The molecule has 4 rings (SSSR count). The van der Waals surface area contributed by atoms with Gasteiger partial charge in [0.05, 0.1) is 10.7 Å². The van der Waals surface area contributed by atoms with Crippen molar-refractivity contribution in [1.82, 2.24) is 9.55 Å². The van der Waals surface area contributed by atoms with E-state index in [-0.39, 0.29) is 0 Å². The molecule has 1 heterocycles. The van der Waals surface area contributed by atoms with Crippen molar-refractivity contribution >= 4 is 34.9 Å². The topological polar surface area (TPSA) is 17.8 Å². The summed E-state index contributed by atoms with van der Waals surface area (Å²) in [5.41, 5.74) is 6.40. The molecule has 0 unspecified atom stereocenters. The van der Waals surface area contributed by atoms with Crippen molar-refractivity contribution in [2.24, 2.45) is 0 Å². The SMILES string of the molecule is CCn1cc(-c2ccc(Cl)cc2Cl)nc1/C(C)=C/c1ccc(-c2ccccc2)cc1. The molecule has 0 aliphatic heterocycles. The maximum Gasteiger partial charge on any atom is 0.136 e. The third-order valence-corrected chi connectivity index (χ3v) is 5.63. The number of imidazole rings is 1. The zero-order valence-electron chi connectivity index (χ0n) is 16.9. The van der Waals surface area contributed by atoms with Gasteiger partial charge < -0.3 is 4.57 Å². The van der Waals surface area contributed by atoms with E-state index in [1.165, 1.54) is 11.1 Å². The van der Waals surface area contributed by atoms with E-state index in [0.29, 0.717) is 10.0 Å². The molecule has 0 amide bonds. The average Bonchev–Trinajstić information content (AvgIpc) is 3.19. The summed E-state index contributed by atoms with van der Waals surface area (Å²) in [6, 6.07) is 24.5. The summed E-state index contributed by atoms with van der Waals surface area (Å²) < 4.78 is 2.14. The van der Waals surface area contributed by atoms with Crippen molar-refractivity contribution in [3.63, 3.8) is 0 Å². The summed E-state index contributed by atoms with van der Waals surface area (Å²) in [6.45, 7) is 5.03. The molecule has 2 nitrogen and oxygen atoms in total. The van der Waals surface area contributed by atoms with Crippen molar-refractivity contribution in [2.75, 3.05) is 0 Å². The highest BCUT2D eigenvalue weighted by Gasteiger charge is 2.13. The summed E-state index contributed by atoms with van der Waals surface area (Å²) in [7, 11) is 0. The summed E-state index contributed by atoms with van der Waals surface area (Å²) in [4.78, 5) is 4.87. The first-order chi connectivity index (χ1) is 14.5. The highest BCUT2D eigenvalue weighted by Crippen LogP contribution is 2.31. The molecule has 4 aromatic rings. The molecule has 0 saturated heterocycles. The van der Waals surface area contributed by atoms with E-state index in [9.17, 15) is 0 Å². The lowest BCUT2D eigenvalue weighted by molar-refractivity contribution is 0.748. The zero-order valence-corrected chi connectivity index (χ0v) is 18.5. The number of allylic oxidation sites excluding steroid dienone is 1. The van der Waals surface area contributed by atoms with E-state index in [2.05, 4.69) is 73.0 Å². The number of aryl methyl sites for hydroxylation is 1. The first-order valence-electron chi connectivity index (χ1n) is 9.92. The lowest BCUT2D eigenvalue weighted by Crippen LogP contribution is -1.98. The maximum absolute atomic E-state index is 6.40. The molecule has 150 valence electrons. The molecule has 0 radical (unpaired) electrons. The van der Waals surface area contributed by atoms with Crippen LogP contribution in [0.25, 0.3) is 34.0 Å². The Kier molecular flexibility index (Phi) is 6.08. The molecule has 3 aromatic carbocycles. The highest BCUT2D eigenvalue weighted by molar-refractivity contribution is 6.36. The molecule has 0 saturated carbocycles. The Bertz CT molecular complexity index is 1190. The van der Waals surface area contributed by atoms with Gasteiger partial charge in [-0.2, -0.15) is 0 Å². The summed E-state index contributed by atoms with van der Waals surface area (Å²) in [6.07, 6.45) is 4.21. The lowest BCUT2D eigenvalue weighted by atomic mass is 10.0. The van der Waals surface area contributed by atoms with Crippen molar-refractivity contribution in [1.29, 1.82) is 0 Å². The number of benzene rings is 3. The Hall–Kier alpha value is -2.81. The predicted octanol–water partition coefficient (Wildman–Crippen LogP) is 8.10. The first kappa shape index (κ1) is 20.5. The van der Waals surface area contributed by atoms with Crippen LogP contribution >= 0.6 is 23.2 Å². The number of nitrogens with zero attached hydrogens (tertiary/aromatic N) is 2. The van der Waals surface area contributed by atoms with Gasteiger partial charge in [0.25, 0.3) is 0 Å². The number of halogens is 2. The molecule has 0 spiro atoms. The van der Waals surface area contributed by atoms with Crippen LogP contribution in [0.4, 0.5) is 0 Å². The summed E-state index contributed by atoms with van der Waals surface area (Å²) in [5.74, 6) is 0.936. The number of hydrogen-bond donors (Lipinski definition) is 0. The second-order valence-corrected chi connectivity index (χ2v) is 8.02. The van der Waals surface area contributed by atoms with Crippen LogP contribution < -0.4 is 0 Å². The second-order valence-electron chi connectivity index (χ2n) is 7.18. The Balaban J connectivity index is 1.65. The van der Waals surface area contributed by atoms with Crippen molar-refractivity contribution in [2.45, 2.75) is 20.4 Å². The molecule has 0 aliphatic rings. The summed E-state index contributed by atoms with van der Waals surface area (Å²) >= 11 is 12.4. The molecule has 0 aliphatic carbocycles. The van der Waals surface area contributed by atoms with Crippen LogP contribution in [0.3, 0.4) is 0 Å². The molecular weight excluding hydrogens is 411 g/mol. The van der Waals surface area contributed by atoms with Gasteiger partial charge in [0.1, 0.15) is 5.82 Å². The van der Waals surface area contributed by atoms with Crippen LogP contribution in [0.5, 0.6) is 0 Å². The minimum atomic E-state index is 0.605. The third kappa shape index (κ3) is 4.35. The normalized spacial score (nSPS) is 11.7. The van der Waals surface area contributed by atoms with Gasteiger partial charge in [-0.05, 0) is 60.4 Å². The van der Waals surface area contributed by atoms with E-state index in [1.807, 2.05) is 24.4 Å². The average molecular weight is 433 g/mol. The molecule has 1 aromatic heterocycles. The van der Waals surface area contributed by atoms with E-state index in [1.54, 1.807) is 6.07 Å². The van der Waals surface area contributed by atoms with E-state index in [4.69, 9.17) is 28.2 Å². The molecule has 4 heteroatoms. The number of rotatable bonds is 5. The van der Waals surface area contributed by atoms with Crippen LogP contribution in [0.1, 0.15) is 25.2 Å². The van der Waals surface area contributed by atoms with Gasteiger partial charge in [-0.25, -0.2) is 4.98 Å². The fourth-order valence-electron chi connectivity index (χ4n) is 3.52. The van der Waals surface area contributed by atoms with Crippen LogP contribution in [0.15, 0.2) is 79.0 Å². The minimum absolute atomic E-state index is 0.605. The van der Waals surface area contributed by atoms with Crippen molar-refractivity contribution < 1.29 is 0 Å². The van der Waals surface area contributed by atoms with Crippen LogP contribution in [0, 0.1) is 0 Å². The molecule has 0 bridgehead atoms. The predicted molar refractivity (Wildman–Crippen MR) is 129 cm³/mol. The highest BCUT2D eigenvalue weighted by atomic mass is 35.5. The third-order valence-electron chi connectivity index (χ3n) is 5.08. The van der Waals surface area contributed by atoms with Crippen LogP contribution in [-0.4, -0.2) is 9.55 Å². The van der Waals surface area contributed by atoms with Gasteiger partial charge >= 0.3 is 0 Å². The minimum Gasteiger partial charge on any atom is -0.331 e. The quantitative estimate of drug-likeness (QED) is 0.311. The van der Waals surface area contributed by atoms with Crippen molar-refractivity contribution in [3.8, 4) is 22.4 Å². The Morgan fingerprint density at radius 3 is 2.30 bits per heavy atom. The Morgan fingerprint density at radius 1 is 0.933 bits per heavy atom. The zero-order chi connectivity index (χ0) is 21.1. The van der Waals surface area contributed by atoms with Crippen LogP contribution in [-0.2, 0) is 6.54 Å². The molecular formula is C26H22Cl2N2. The van der Waals surface area contributed by atoms with Gasteiger partial charge in [0, 0.05) is 23.3 Å². The van der Waals surface area contributed by atoms with E-state index in [0.717, 1.165) is 34.8 Å². The second kappa shape index (κ2) is 8.91. The van der Waals surface area contributed by atoms with Gasteiger partial charge in [0.15, 0.2) is 0 Å².